The van der Waals surface area contributed by atoms with Crippen LogP contribution in [0.4, 0.5) is 11.4 Å². The van der Waals surface area contributed by atoms with Gasteiger partial charge < -0.3 is 15.2 Å². The first-order chi connectivity index (χ1) is 16.9. The number of rotatable bonds is 8. The third-order valence-corrected chi connectivity index (χ3v) is 7.19. The number of carboxylic acid groups (broad SMARTS) is 1. The van der Waals surface area contributed by atoms with Crippen LogP contribution in [0, 0.1) is 11.8 Å². The summed E-state index contributed by atoms with van der Waals surface area (Å²) < 4.78 is 5.41. The number of amides is 3. The number of nitrogens with one attached hydrogen (secondary N) is 1. The number of thioether (sulfide) groups is 1. The third-order valence-electron chi connectivity index (χ3n) is 6.00. The molecule has 182 valence electrons. The molecule has 1 heterocycles. The number of ether oxygens (including phenoxy) is 1. The molecule has 35 heavy (non-hydrogen) atoms. The molecule has 1 aliphatic heterocycles. The van der Waals surface area contributed by atoms with E-state index in [9.17, 15) is 24.3 Å². The van der Waals surface area contributed by atoms with Gasteiger partial charge in [0.1, 0.15) is 5.75 Å². The minimum atomic E-state index is -0.976. The fraction of sp³-hybridized carbons (Fsp3) is 0.308. The van der Waals surface area contributed by atoms with Gasteiger partial charge in [0.15, 0.2) is 0 Å². The van der Waals surface area contributed by atoms with Gasteiger partial charge in [-0.25, -0.2) is 4.90 Å². The summed E-state index contributed by atoms with van der Waals surface area (Å²) in [6.07, 6.45) is 4.45. The van der Waals surface area contributed by atoms with Gasteiger partial charge in [-0.15, -0.1) is 11.8 Å². The van der Waals surface area contributed by atoms with Gasteiger partial charge in [0.05, 0.1) is 29.4 Å². The van der Waals surface area contributed by atoms with Crippen LogP contribution >= 0.6 is 11.8 Å². The summed E-state index contributed by atoms with van der Waals surface area (Å²) in [6, 6.07) is 13.8. The maximum absolute atomic E-state index is 12.9. The van der Waals surface area contributed by atoms with Crippen molar-refractivity contribution in [3.63, 3.8) is 0 Å². The highest BCUT2D eigenvalue weighted by molar-refractivity contribution is 8.00. The number of benzene rings is 2. The monoisotopic (exact) mass is 494 g/mol. The number of imide groups is 1. The SMILES string of the molecule is CCOc1ccc(N2C(=O)C[C@H](Sc3ccc(NC(=O)[C@H]4CC=CC[C@@H]4C(=O)O)cc3)C2=O)cc1. The summed E-state index contributed by atoms with van der Waals surface area (Å²) in [4.78, 5) is 51.6. The number of carbonyl (C=O) groups is 4. The van der Waals surface area contributed by atoms with Crippen LogP contribution in [-0.4, -0.2) is 40.7 Å². The molecule has 9 heteroatoms. The first kappa shape index (κ1) is 24.5. The van der Waals surface area contributed by atoms with Crippen LogP contribution in [0.25, 0.3) is 0 Å². The molecule has 0 bridgehead atoms. The van der Waals surface area contributed by atoms with E-state index in [0.717, 1.165) is 4.90 Å². The lowest BCUT2D eigenvalue weighted by molar-refractivity contribution is -0.146. The Morgan fingerprint density at radius 3 is 2.31 bits per heavy atom. The second-order valence-corrected chi connectivity index (χ2v) is 9.59. The lowest BCUT2D eigenvalue weighted by atomic mass is 9.82. The van der Waals surface area contributed by atoms with Gasteiger partial charge in [-0.1, -0.05) is 12.2 Å². The van der Waals surface area contributed by atoms with Gasteiger partial charge in [0.2, 0.25) is 17.7 Å². The number of nitrogens with zero attached hydrogens (tertiary/aromatic N) is 1. The molecule has 2 aliphatic rings. The van der Waals surface area contributed by atoms with Crippen molar-refractivity contribution < 1.29 is 29.0 Å². The molecule has 0 unspecified atom stereocenters. The van der Waals surface area contributed by atoms with Crippen molar-refractivity contribution in [2.24, 2.45) is 11.8 Å². The van der Waals surface area contributed by atoms with Crippen molar-refractivity contribution >= 4 is 46.8 Å². The zero-order valence-corrected chi connectivity index (χ0v) is 20.0. The summed E-state index contributed by atoms with van der Waals surface area (Å²) in [5.41, 5.74) is 1.06. The van der Waals surface area contributed by atoms with Gasteiger partial charge in [-0.2, -0.15) is 0 Å². The molecule has 4 rings (SSSR count). The molecule has 0 radical (unpaired) electrons. The number of hydrogen-bond donors (Lipinski definition) is 2. The van der Waals surface area contributed by atoms with Crippen LogP contribution in [0.3, 0.4) is 0 Å². The van der Waals surface area contributed by atoms with Crippen molar-refractivity contribution in [2.45, 2.75) is 36.3 Å². The Balaban J connectivity index is 1.37. The average molecular weight is 495 g/mol. The van der Waals surface area contributed by atoms with E-state index in [1.165, 1.54) is 16.7 Å². The Morgan fingerprint density at radius 1 is 1.03 bits per heavy atom. The van der Waals surface area contributed by atoms with Crippen LogP contribution in [0.15, 0.2) is 65.6 Å². The van der Waals surface area contributed by atoms with Gasteiger partial charge in [-0.3, -0.25) is 19.2 Å². The predicted octanol–water partition coefficient (Wildman–Crippen LogP) is 4.12. The third kappa shape index (κ3) is 5.57. The zero-order chi connectivity index (χ0) is 24.9. The van der Waals surface area contributed by atoms with Crippen LogP contribution in [0.2, 0.25) is 0 Å². The summed E-state index contributed by atoms with van der Waals surface area (Å²) in [5, 5.41) is 11.6. The topological polar surface area (TPSA) is 113 Å². The number of aliphatic carboxylic acids is 1. The van der Waals surface area contributed by atoms with Gasteiger partial charge in [0.25, 0.3) is 0 Å². The first-order valence-corrected chi connectivity index (χ1v) is 12.3. The molecule has 3 amide bonds. The van der Waals surface area contributed by atoms with E-state index < -0.39 is 23.1 Å². The number of carboxylic acids is 1. The van der Waals surface area contributed by atoms with Crippen molar-refractivity contribution in [2.75, 3.05) is 16.8 Å². The minimum Gasteiger partial charge on any atom is -0.494 e. The normalized spacial score (nSPS) is 21.7. The van der Waals surface area contributed by atoms with E-state index >= 15 is 0 Å². The summed E-state index contributed by atoms with van der Waals surface area (Å²) in [7, 11) is 0. The Kier molecular flexibility index (Phi) is 7.55. The highest BCUT2D eigenvalue weighted by Crippen LogP contribution is 2.35. The minimum absolute atomic E-state index is 0.0982. The Morgan fingerprint density at radius 2 is 1.69 bits per heavy atom. The number of allylic oxidation sites excluding steroid dienone is 2. The maximum atomic E-state index is 12.9. The van der Waals surface area contributed by atoms with E-state index in [-0.39, 0.29) is 24.1 Å². The molecular formula is C26H26N2O6S. The molecule has 2 aromatic rings. The van der Waals surface area contributed by atoms with E-state index in [2.05, 4.69) is 5.32 Å². The number of hydrogen-bond acceptors (Lipinski definition) is 6. The Labute approximate surface area is 207 Å². The lowest BCUT2D eigenvalue weighted by Crippen LogP contribution is -2.34. The van der Waals surface area contributed by atoms with Crippen molar-refractivity contribution in [3.05, 3.63) is 60.7 Å². The summed E-state index contributed by atoms with van der Waals surface area (Å²) in [5.74, 6) is -2.52. The molecule has 2 aromatic carbocycles. The fourth-order valence-corrected chi connectivity index (χ4v) is 5.27. The number of carbonyl (C=O) groups excluding carboxylic acids is 3. The highest BCUT2D eigenvalue weighted by Gasteiger charge is 2.40. The molecule has 1 fully saturated rings. The molecule has 1 aliphatic carbocycles. The van der Waals surface area contributed by atoms with Crippen molar-refractivity contribution in [1.82, 2.24) is 0 Å². The average Bonchev–Trinajstić information content (AvgIpc) is 3.13. The summed E-state index contributed by atoms with van der Waals surface area (Å²) in [6.45, 7) is 2.41. The van der Waals surface area contributed by atoms with E-state index in [4.69, 9.17) is 4.74 Å². The molecule has 0 saturated carbocycles. The molecule has 3 atom stereocenters. The van der Waals surface area contributed by atoms with Crippen molar-refractivity contribution in [1.29, 1.82) is 0 Å². The molecule has 0 spiro atoms. The van der Waals surface area contributed by atoms with Gasteiger partial charge in [0, 0.05) is 17.0 Å². The van der Waals surface area contributed by atoms with Crippen LogP contribution in [0.1, 0.15) is 26.2 Å². The quantitative estimate of drug-likeness (QED) is 0.419. The predicted molar refractivity (Wildman–Crippen MR) is 132 cm³/mol. The second-order valence-electron chi connectivity index (χ2n) is 8.31. The highest BCUT2D eigenvalue weighted by atomic mass is 32.2. The van der Waals surface area contributed by atoms with Gasteiger partial charge in [-0.05, 0) is 68.3 Å². The largest absolute Gasteiger partial charge is 0.494 e. The standard InChI is InChI=1S/C26H26N2O6S/c1-2-34-18-11-9-17(10-12-18)28-23(29)15-22(25(28)31)35-19-13-7-16(8-14-19)27-24(30)20-5-3-4-6-21(20)26(32)33/h3-4,7-14,20-22H,2,5-6,15H2,1H3,(H,27,30)(H,32,33)/t20-,21-,22-/m0/s1. The summed E-state index contributed by atoms with van der Waals surface area (Å²) >= 11 is 1.30. The first-order valence-electron chi connectivity index (χ1n) is 11.4. The zero-order valence-electron chi connectivity index (χ0n) is 19.2. The van der Waals surface area contributed by atoms with Crippen LogP contribution in [-0.2, 0) is 19.2 Å². The van der Waals surface area contributed by atoms with Gasteiger partial charge >= 0.3 is 5.97 Å². The smallest absolute Gasteiger partial charge is 0.307 e. The molecular weight excluding hydrogens is 468 g/mol. The fourth-order valence-electron chi connectivity index (χ4n) is 4.22. The number of anilines is 2. The van der Waals surface area contributed by atoms with Crippen molar-refractivity contribution in [3.8, 4) is 5.75 Å². The van der Waals surface area contributed by atoms with E-state index in [1.807, 2.05) is 13.0 Å². The molecule has 0 aromatic heterocycles. The van der Waals surface area contributed by atoms with E-state index in [1.54, 1.807) is 54.6 Å². The molecule has 1 saturated heterocycles. The van der Waals surface area contributed by atoms with Crippen LogP contribution in [0.5, 0.6) is 5.75 Å². The molecule has 8 nitrogen and oxygen atoms in total. The Bertz CT molecular complexity index is 1150. The maximum Gasteiger partial charge on any atom is 0.307 e. The van der Waals surface area contributed by atoms with Crippen LogP contribution < -0.4 is 15.0 Å². The lowest BCUT2D eigenvalue weighted by Gasteiger charge is -2.24. The van der Waals surface area contributed by atoms with E-state index in [0.29, 0.717) is 36.6 Å². The molecule has 2 N–H and O–H groups in total. The second kappa shape index (κ2) is 10.8. The Hall–Kier alpha value is -3.59.